The largest absolute Gasteiger partial charge is 0.378 e. The number of carbonyl (C=O) groups excluding carboxylic acids is 3. The first-order chi connectivity index (χ1) is 18.1. The lowest BCUT2D eigenvalue weighted by Gasteiger charge is -2.28. The maximum absolute atomic E-state index is 12.9. The first-order valence-electron chi connectivity index (χ1n) is 11.9. The van der Waals surface area contributed by atoms with Gasteiger partial charge < -0.3 is 20.3 Å². The lowest BCUT2D eigenvalue weighted by atomic mass is 10.0. The molecule has 186 valence electrons. The second kappa shape index (κ2) is 11.2. The van der Waals surface area contributed by atoms with Crippen LogP contribution in [-0.2, 0) is 4.74 Å². The van der Waals surface area contributed by atoms with Gasteiger partial charge in [0.2, 0.25) is 0 Å². The Morgan fingerprint density at radius 3 is 1.81 bits per heavy atom. The van der Waals surface area contributed by atoms with Crippen LogP contribution in [-0.4, -0.2) is 43.9 Å². The highest BCUT2D eigenvalue weighted by atomic mass is 32.1. The number of hydrogen-bond donors (Lipinski definition) is 2. The molecule has 0 aliphatic carbocycles. The summed E-state index contributed by atoms with van der Waals surface area (Å²) in [4.78, 5) is 40.2. The van der Waals surface area contributed by atoms with Crippen LogP contribution in [0.25, 0.3) is 0 Å². The van der Waals surface area contributed by atoms with Crippen molar-refractivity contribution in [2.45, 2.75) is 0 Å². The molecule has 2 N–H and O–H groups in total. The Morgan fingerprint density at radius 1 is 0.676 bits per heavy atom. The molecule has 7 nitrogen and oxygen atoms in total. The number of nitrogens with one attached hydrogen (secondary N) is 2. The van der Waals surface area contributed by atoms with E-state index in [1.807, 2.05) is 41.8 Å². The molecule has 0 spiro atoms. The van der Waals surface area contributed by atoms with Crippen LogP contribution in [0.15, 0.2) is 90.3 Å². The van der Waals surface area contributed by atoms with Crippen LogP contribution in [0.1, 0.15) is 36.6 Å². The van der Waals surface area contributed by atoms with Crippen LogP contribution in [0.2, 0.25) is 0 Å². The van der Waals surface area contributed by atoms with E-state index in [1.165, 1.54) is 11.3 Å². The first-order valence-corrected chi connectivity index (χ1v) is 12.8. The Balaban J connectivity index is 1.18. The van der Waals surface area contributed by atoms with Crippen molar-refractivity contribution in [2.75, 3.05) is 41.8 Å². The summed E-state index contributed by atoms with van der Waals surface area (Å²) in [6.45, 7) is 3.09. The zero-order chi connectivity index (χ0) is 25.6. The molecule has 2 heterocycles. The molecule has 0 atom stereocenters. The first kappa shape index (κ1) is 24.4. The van der Waals surface area contributed by atoms with Crippen molar-refractivity contribution in [2.24, 2.45) is 0 Å². The average molecular weight is 512 g/mol. The fourth-order valence-electron chi connectivity index (χ4n) is 4.03. The van der Waals surface area contributed by atoms with Crippen molar-refractivity contribution in [3.63, 3.8) is 0 Å². The van der Waals surface area contributed by atoms with Crippen LogP contribution in [0.3, 0.4) is 0 Å². The van der Waals surface area contributed by atoms with Crippen LogP contribution < -0.4 is 15.5 Å². The van der Waals surface area contributed by atoms with Gasteiger partial charge in [-0.25, -0.2) is 0 Å². The van der Waals surface area contributed by atoms with Gasteiger partial charge in [0.05, 0.1) is 18.2 Å². The average Bonchev–Trinajstić information content (AvgIpc) is 3.47. The van der Waals surface area contributed by atoms with Crippen LogP contribution in [0, 0.1) is 0 Å². The molecule has 0 unspecified atom stereocenters. The molecule has 0 saturated carbocycles. The SMILES string of the molecule is O=C(Nc1ccc(C(=O)c2ccc(C(=O)Nc3cccs3)cc2)cc1)c1ccc(N2CCOCC2)cc1. The quantitative estimate of drug-likeness (QED) is 0.328. The molecular weight excluding hydrogens is 486 g/mol. The van der Waals surface area contributed by atoms with Crippen molar-refractivity contribution in [3.05, 3.63) is 113 Å². The molecule has 3 aromatic carbocycles. The van der Waals surface area contributed by atoms with E-state index in [9.17, 15) is 14.4 Å². The normalized spacial score (nSPS) is 13.1. The summed E-state index contributed by atoms with van der Waals surface area (Å²) in [6, 6.07) is 24.5. The van der Waals surface area contributed by atoms with Gasteiger partial charge in [0, 0.05) is 46.7 Å². The molecule has 0 radical (unpaired) electrons. The van der Waals surface area contributed by atoms with E-state index in [0.29, 0.717) is 41.2 Å². The molecule has 1 aromatic heterocycles. The maximum Gasteiger partial charge on any atom is 0.256 e. The molecule has 0 bridgehead atoms. The zero-order valence-corrected chi connectivity index (χ0v) is 20.8. The van der Waals surface area contributed by atoms with E-state index in [4.69, 9.17) is 4.74 Å². The van der Waals surface area contributed by atoms with Crippen molar-refractivity contribution >= 4 is 45.3 Å². The summed E-state index contributed by atoms with van der Waals surface area (Å²) in [7, 11) is 0. The summed E-state index contributed by atoms with van der Waals surface area (Å²) >= 11 is 1.44. The van der Waals surface area contributed by atoms with E-state index >= 15 is 0 Å². The third kappa shape index (κ3) is 5.94. The van der Waals surface area contributed by atoms with Gasteiger partial charge >= 0.3 is 0 Å². The van der Waals surface area contributed by atoms with Gasteiger partial charge in [-0.2, -0.15) is 0 Å². The Labute approximate surface area is 218 Å². The minimum absolute atomic E-state index is 0.165. The van der Waals surface area contributed by atoms with Gasteiger partial charge in [0.15, 0.2) is 5.78 Å². The Bertz CT molecular complexity index is 1380. The Morgan fingerprint density at radius 2 is 1.22 bits per heavy atom. The topological polar surface area (TPSA) is 87.7 Å². The Kier molecular flexibility index (Phi) is 7.39. The molecule has 4 aromatic rings. The minimum Gasteiger partial charge on any atom is -0.378 e. The fourth-order valence-corrected chi connectivity index (χ4v) is 4.64. The van der Waals surface area contributed by atoms with E-state index in [2.05, 4.69) is 15.5 Å². The number of hydrogen-bond acceptors (Lipinski definition) is 6. The number of anilines is 3. The summed E-state index contributed by atoms with van der Waals surface area (Å²) < 4.78 is 5.39. The second-order valence-corrected chi connectivity index (χ2v) is 9.46. The number of thiophene rings is 1. The number of ether oxygens (including phenoxy) is 1. The number of amides is 2. The third-order valence-corrected chi connectivity index (χ3v) is 6.86. The second-order valence-electron chi connectivity index (χ2n) is 8.52. The summed E-state index contributed by atoms with van der Waals surface area (Å²) in [5.41, 5.74) is 3.66. The van der Waals surface area contributed by atoms with Gasteiger partial charge in [-0.05, 0) is 78.2 Å². The maximum atomic E-state index is 12.9. The summed E-state index contributed by atoms with van der Waals surface area (Å²) in [5, 5.41) is 8.35. The van der Waals surface area contributed by atoms with E-state index in [1.54, 1.807) is 48.5 Å². The van der Waals surface area contributed by atoms with E-state index in [-0.39, 0.29) is 17.6 Å². The molecule has 2 amide bonds. The summed E-state index contributed by atoms with van der Waals surface area (Å²) in [5.74, 6) is -0.608. The molecule has 1 aliphatic heterocycles. The monoisotopic (exact) mass is 511 g/mol. The molecule has 8 heteroatoms. The lowest BCUT2D eigenvalue weighted by molar-refractivity contribution is 0.101. The van der Waals surface area contributed by atoms with Crippen molar-refractivity contribution < 1.29 is 19.1 Å². The highest BCUT2D eigenvalue weighted by molar-refractivity contribution is 7.14. The van der Waals surface area contributed by atoms with E-state index < -0.39 is 0 Å². The predicted molar refractivity (Wildman–Crippen MR) is 146 cm³/mol. The minimum atomic E-state index is -0.225. The predicted octanol–water partition coefficient (Wildman–Crippen LogP) is 5.32. The van der Waals surface area contributed by atoms with Gasteiger partial charge in [-0.15, -0.1) is 11.3 Å². The number of benzene rings is 3. The van der Waals surface area contributed by atoms with Gasteiger partial charge in [-0.3, -0.25) is 14.4 Å². The van der Waals surface area contributed by atoms with Gasteiger partial charge in [0.1, 0.15) is 0 Å². The molecule has 5 rings (SSSR count). The lowest BCUT2D eigenvalue weighted by Crippen LogP contribution is -2.36. The standard InChI is InChI=1S/C29H25N3O4S/c33-27(20-3-5-22(6-4-20)29(35)31-26-2-1-19-37-26)21-7-11-24(12-8-21)30-28(34)23-9-13-25(14-10-23)32-15-17-36-18-16-32/h1-14,19H,15-18H2,(H,30,34)(H,31,35). The third-order valence-electron chi connectivity index (χ3n) is 6.08. The number of nitrogens with zero attached hydrogens (tertiary/aromatic N) is 1. The van der Waals surface area contributed by atoms with E-state index in [0.717, 1.165) is 23.8 Å². The molecule has 1 aliphatic rings. The van der Waals surface area contributed by atoms with Crippen LogP contribution >= 0.6 is 11.3 Å². The number of rotatable bonds is 7. The van der Waals surface area contributed by atoms with Gasteiger partial charge in [-0.1, -0.05) is 12.1 Å². The highest BCUT2D eigenvalue weighted by Gasteiger charge is 2.14. The van der Waals surface area contributed by atoms with Crippen molar-refractivity contribution in [1.29, 1.82) is 0 Å². The van der Waals surface area contributed by atoms with Crippen LogP contribution in [0.4, 0.5) is 16.4 Å². The number of morpholine rings is 1. The zero-order valence-electron chi connectivity index (χ0n) is 20.0. The smallest absolute Gasteiger partial charge is 0.256 e. The number of ketones is 1. The van der Waals surface area contributed by atoms with Crippen molar-refractivity contribution in [3.8, 4) is 0 Å². The number of carbonyl (C=O) groups is 3. The highest BCUT2D eigenvalue weighted by Crippen LogP contribution is 2.20. The summed E-state index contributed by atoms with van der Waals surface area (Å²) in [6.07, 6.45) is 0. The molecule has 37 heavy (non-hydrogen) atoms. The fraction of sp³-hybridized carbons (Fsp3) is 0.138. The molecular formula is C29H25N3O4S. The Hall–Kier alpha value is -4.27. The van der Waals surface area contributed by atoms with Crippen LogP contribution in [0.5, 0.6) is 0 Å². The molecule has 1 fully saturated rings. The van der Waals surface area contributed by atoms with Crippen molar-refractivity contribution in [1.82, 2.24) is 0 Å². The van der Waals surface area contributed by atoms with Gasteiger partial charge in [0.25, 0.3) is 11.8 Å². The molecule has 1 saturated heterocycles.